The summed E-state index contributed by atoms with van der Waals surface area (Å²) in [5.74, 6) is 0. The van der Waals surface area contributed by atoms with Gasteiger partial charge in [0, 0.05) is 33.8 Å². The van der Waals surface area contributed by atoms with Crippen LogP contribution in [0.5, 0.6) is 0 Å². The first-order valence-corrected chi connectivity index (χ1v) is 6.16. The van der Waals surface area contributed by atoms with Gasteiger partial charge in [0.05, 0.1) is 5.69 Å². The van der Waals surface area contributed by atoms with Gasteiger partial charge in [-0.2, -0.15) is 0 Å². The molecule has 88 valence electrons. The van der Waals surface area contributed by atoms with Crippen LogP contribution in [0.4, 0.5) is 0 Å². The highest BCUT2D eigenvalue weighted by Crippen LogP contribution is 2.28. The minimum Gasteiger partial charge on any atom is -0.256 e. The largest absolute Gasteiger partial charge is 0.256 e. The SMILES string of the molecule is Clc1cc2cnc(-c3ccccc3Cl)cc2cn1. The Hall–Kier alpha value is -1.64. The van der Waals surface area contributed by atoms with E-state index in [2.05, 4.69) is 9.97 Å². The summed E-state index contributed by atoms with van der Waals surface area (Å²) in [7, 11) is 0. The highest BCUT2D eigenvalue weighted by atomic mass is 35.5. The van der Waals surface area contributed by atoms with Crippen LogP contribution in [0.1, 0.15) is 0 Å². The molecule has 1 aromatic carbocycles. The minimum absolute atomic E-state index is 0.467. The molecule has 0 N–H and O–H groups in total. The number of benzene rings is 1. The lowest BCUT2D eigenvalue weighted by molar-refractivity contribution is 1.32. The fraction of sp³-hybridized carbons (Fsp3) is 0. The lowest BCUT2D eigenvalue weighted by atomic mass is 10.1. The van der Waals surface area contributed by atoms with Gasteiger partial charge in [-0.3, -0.25) is 4.98 Å². The molecule has 0 spiro atoms. The third kappa shape index (κ3) is 2.05. The molecule has 0 bridgehead atoms. The second-order valence-electron chi connectivity index (χ2n) is 3.90. The molecule has 0 saturated carbocycles. The molecule has 0 aliphatic heterocycles. The molecule has 4 heteroatoms. The average Bonchev–Trinajstić information content (AvgIpc) is 2.39. The molecule has 2 nitrogen and oxygen atoms in total. The summed E-state index contributed by atoms with van der Waals surface area (Å²) in [4.78, 5) is 8.48. The standard InChI is InChI=1S/C14H8Cl2N2/c15-12-4-2-1-3-11(12)13-5-9-8-18-14(16)6-10(9)7-17-13/h1-8H. The monoisotopic (exact) mass is 274 g/mol. The molecule has 0 fully saturated rings. The molecule has 0 saturated heterocycles. The van der Waals surface area contributed by atoms with E-state index in [1.807, 2.05) is 30.3 Å². The van der Waals surface area contributed by atoms with Gasteiger partial charge in [-0.05, 0) is 18.2 Å². The van der Waals surface area contributed by atoms with E-state index >= 15 is 0 Å². The summed E-state index contributed by atoms with van der Waals surface area (Å²) in [6, 6.07) is 11.4. The molecule has 18 heavy (non-hydrogen) atoms. The smallest absolute Gasteiger partial charge is 0.129 e. The number of halogens is 2. The van der Waals surface area contributed by atoms with E-state index in [0.29, 0.717) is 10.2 Å². The first-order chi connectivity index (χ1) is 8.74. The number of nitrogens with zero attached hydrogens (tertiary/aromatic N) is 2. The van der Waals surface area contributed by atoms with E-state index in [1.54, 1.807) is 18.5 Å². The first-order valence-electron chi connectivity index (χ1n) is 5.40. The van der Waals surface area contributed by atoms with Crippen LogP contribution < -0.4 is 0 Å². The van der Waals surface area contributed by atoms with Gasteiger partial charge in [0.15, 0.2) is 0 Å². The van der Waals surface area contributed by atoms with Gasteiger partial charge in [0.25, 0.3) is 0 Å². The Morgan fingerprint density at radius 2 is 1.56 bits per heavy atom. The third-order valence-electron chi connectivity index (χ3n) is 2.72. The molecular weight excluding hydrogens is 267 g/mol. The zero-order chi connectivity index (χ0) is 12.5. The van der Waals surface area contributed by atoms with Crippen LogP contribution in [0.2, 0.25) is 10.2 Å². The van der Waals surface area contributed by atoms with Crippen molar-refractivity contribution >= 4 is 34.0 Å². The Morgan fingerprint density at radius 1 is 0.833 bits per heavy atom. The van der Waals surface area contributed by atoms with Crippen molar-refractivity contribution in [2.45, 2.75) is 0 Å². The van der Waals surface area contributed by atoms with Crippen LogP contribution in [0.25, 0.3) is 22.0 Å². The maximum Gasteiger partial charge on any atom is 0.129 e. The summed E-state index contributed by atoms with van der Waals surface area (Å²) in [6.45, 7) is 0. The average molecular weight is 275 g/mol. The van der Waals surface area contributed by atoms with Gasteiger partial charge in [0.1, 0.15) is 5.15 Å². The van der Waals surface area contributed by atoms with Crippen molar-refractivity contribution in [1.82, 2.24) is 9.97 Å². The zero-order valence-electron chi connectivity index (χ0n) is 9.27. The second-order valence-corrected chi connectivity index (χ2v) is 4.70. The maximum atomic E-state index is 6.16. The molecule has 0 aliphatic carbocycles. The maximum absolute atomic E-state index is 6.16. The number of hydrogen-bond acceptors (Lipinski definition) is 2. The number of rotatable bonds is 1. The van der Waals surface area contributed by atoms with Gasteiger partial charge in [0.2, 0.25) is 0 Å². The number of aromatic nitrogens is 2. The van der Waals surface area contributed by atoms with E-state index in [0.717, 1.165) is 22.0 Å². The molecule has 0 radical (unpaired) electrons. The Bertz CT molecular complexity index is 726. The molecule has 2 aromatic heterocycles. The van der Waals surface area contributed by atoms with Crippen LogP contribution in [-0.2, 0) is 0 Å². The summed E-state index contributed by atoms with van der Waals surface area (Å²) in [5.41, 5.74) is 1.74. The fourth-order valence-corrected chi connectivity index (χ4v) is 2.23. The predicted molar refractivity (Wildman–Crippen MR) is 75.0 cm³/mol. The molecule has 0 atom stereocenters. The number of pyridine rings is 2. The minimum atomic E-state index is 0.467. The topological polar surface area (TPSA) is 25.8 Å². The van der Waals surface area contributed by atoms with Gasteiger partial charge < -0.3 is 0 Å². The van der Waals surface area contributed by atoms with E-state index in [9.17, 15) is 0 Å². The summed E-state index contributed by atoms with van der Waals surface area (Å²) < 4.78 is 0. The Morgan fingerprint density at radius 3 is 2.39 bits per heavy atom. The van der Waals surface area contributed by atoms with Gasteiger partial charge >= 0.3 is 0 Å². The third-order valence-corrected chi connectivity index (χ3v) is 3.26. The Labute approximate surface area is 114 Å². The summed E-state index contributed by atoms with van der Waals surface area (Å²) in [5, 5.41) is 3.11. The molecule has 0 amide bonds. The van der Waals surface area contributed by atoms with Crippen LogP contribution in [0.15, 0.2) is 48.8 Å². The second kappa shape index (κ2) is 4.56. The first kappa shape index (κ1) is 11.5. The van der Waals surface area contributed by atoms with E-state index < -0.39 is 0 Å². The van der Waals surface area contributed by atoms with Gasteiger partial charge in [-0.1, -0.05) is 41.4 Å². The van der Waals surface area contributed by atoms with Gasteiger partial charge in [-0.15, -0.1) is 0 Å². The molecule has 0 unspecified atom stereocenters. The normalized spacial score (nSPS) is 10.8. The molecule has 3 aromatic rings. The van der Waals surface area contributed by atoms with Crippen LogP contribution in [0.3, 0.4) is 0 Å². The van der Waals surface area contributed by atoms with E-state index in [1.165, 1.54) is 0 Å². The summed E-state index contributed by atoms with van der Waals surface area (Å²) in [6.07, 6.45) is 3.52. The van der Waals surface area contributed by atoms with Crippen molar-refractivity contribution < 1.29 is 0 Å². The Kier molecular flexibility index (Phi) is 2.90. The van der Waals surface area contributed by atoms with Crippen molar-refractivity contribution in [2.24, 2.45) is 0 Å². The van der Waals surface area contributed by atoms with E-state index in [-0.39, 0.29) is 0 Å². The van der Waals surface area contributed by atoms with Crippen LogP contribution in [0, 0.1) is 0 Å². The fourth-order valence-electron chi connectivity index (χ4n) is 1.83. The molecule has 2 heterocycles. The van der Waals surface area contributed by atoms with Crippen molar-refractivity contribution in [1.29, 1.82) is 0 Å². The van der Waals surface area contributed by atoms with Crippen molar-refractivity contribution in [2.75, 3.05) is 0 Å². The zero-order valence-corrected chi connectivity index (χ0v) is 10.8. The van der Waals surface area contributed by atoms with Crippen molar-refractivity contribution in [3.63, 3.8) is 0 Å². The molecule has 3 rings (SSSR count). The summed E-state index contributed by atoms with van der Waals surface area (Å²) >= 11 is 12.0. The predicted octanol–water partition coefficient (Wildman–Crippen LogP) is 4.60. The van der Waals surface area contributed by atoms with E-state index in [4.69, 9.17) is 23.2 Å². The quantitative estimate of drug-likeness (QED) is 0.606. The number of fused-ring (bicyclic) bond motifs is 1. The number of hydrogen-bond donors (Lipinski definition) is 0. The lowest BCUT2D eigenvalue weighted by Crippen LogP contribution is -1.86. The highest BCUT2D eigenvalue weighted by Gasteiger charge is 2.05. The molecule has 0 aliphatic rings. The Balaban J connectivity index is 2.20. The van der Waals surface area contributed by atoms with Crippen LogP contribution >= 0.6 is 23.2 Å². The van der Waals surface area contributed by atoms with Gasteiger partial charge in [-0.25, -0.2) is 4.98 Å². The lowest BCUT2D eigenvalue weighted by Gasteiger charge is -2.05. The molecular formula is C14H8Cl2N2. The van der Waals surface area contributed by atoms with Crippen molar-refractivity contribution in [3.05, 3.63) is 59.0 Å². The van der Waals surface area contributed by atoms with Crippen molar-refractivity contribution in [3.8, 4) is 11.3 Å². The highest BCUT2D eigenvalue weighted by molar-refractivity contribution is 6.33. The van der Waals surface area contributed by atoms with Crippen LogP contribution in [-0.4, -0.2) is 9.97 Å².